The quantitative estimate of drug-likeness (QED) is 0.369. The van der Waals surface area contributed by atoms with Gasteiger partial charge in [0.1, 0.15) is 11.5 Å². The standard InChI is InChI=1S/C28H27N3O4S/c1-17-8-11-25(35-4)21(12-17)28(13-22(28)24-15-29-19(3)14-30-24)27(32)16-36(33,34)26-7-5-6-23-20(26)10-9-18(2)31-23/h5-12,14-15,22H,13,16H2,1-4H3/t22-,28-/m0/s1. The van der Waals surface area contributed by atoms with E-state index in [9.17, 15) is 13.2 Å². The number of ketones is 1. The number of aryl methyl sites for hydroxylation is 3. The highest BCUT2D eigenvalue weighted by atomic mass is 32.2. The summed E-state index contributed by atoms with van der Waals surface area (Å²) in [6, 6.07) is 14.1. The predicted octanol–water partition coefficient (Wildman–Crippen LogP) is 4.43. The van der Waals surface area contributed by atoms with E-state index in [0.717, 1.165) is 17.0 Å². The van der Waals surface area contributed by atoms with E-state index in [2.05, 4.69) is 15.0 Å². The number of carbonyl (C=O) groups is 1. The summed E-state index contributed by atoms with van der Waals surface area (Å²) in [6.07, 6.45) is 3.78. The highest BCUT2D eigenvalue weighted by Gasteiger charge is 2.63. The van der Waals surface area contributed by atoms with Crippen LogP contribution in [0.4, 0.5) is 0 Å². The Morgan fingerprint density at radius 2 is 1.83 bits per heavy atom. The number of hydrogen-bond acceptors (Lipinski definition) is 7. The molecule has 0 bridgehead atoms. The zero-order valence-electron chi connectivity index (χ0n) is 20.6. The number of rotatable bonds is 7. The first-order valence-electron chi connectivity index (χ1n) is 11.7. The van der Waals surface area contributed by atoms with Crippen molar-refractivity contribution in [2.75, 3.05) is 12.9 Å². The molecule has 5 rings (SSSR count). The minimum Gasteiger partial charge on any atom is -0.496 e. The Bertz CT molecular complexity index is 1600. The molecule has 2 heterocycles. The molecule has 8 heteroatoms. The van der Waals surface area contributed by atoms with Gasteiger partial charge < -0.3 is 4.74 Å². The molecule has 2 aromatic carbocycles. The lowest BCUT2D eigenvalue weighted by Gasteiger charge is -2.21. The van der Waals surface area contributed by atoms with Gasteiger partial charge in [0.15, 0.2) is 15.6 Å². The van der Waals surface area contributed by atoms with Gasteiger partial charge in [-0.15, -0.1) is 0 Å². The number of aromatic nitrogens is 3. The van der Waals surface area contributed by atoms with Crippen LogP contribution in [0, 0.1) is 20.8 Å². The highest BCUT2D eigenvalue weighted by molar-refractivity contribution is 7.92. The predicted molar refractivity (Wildman–Crippen MR) is 137 cm³/mol. The minimum atomic E-state index is -3.96. The van der Waals surface area contributed by atoms with Crippen LogP contribution in [-0.4, -0.2) is 42.0 Å². The van der Waals surface area contributed by atoms with Gasteiger partial charge in [0, 0.05) is 35.0 Å². The topological polar surface area (TPSA) is 99.1 Å². The fourth-order valence-electron chi connectivity index (χ4n) is 5.01. The van der Waals surface area contributed by atoms with Gasteiger partial charge >= 0.3 is 0 Å². The maximum absolute atomic E-state index is 14.0. The van der Waals surface area contributed by atoms with Crippen LogP contribution in [0.25, 0.3) is 10.9 Å². The van der Waals surface area contributed by atoms with Crippen LogP contribution in [0.1, 0.15) is 40.5 Å². The average molecular weight is 502 g/mol. The van der Waals surface area contributed by atoms with Gasteiger partial charge in [-0.25, -0.2) is 8.42 Å². The second kappa shape index (κ2) is 8.78. The molecule has 0 saturated heterocycles. The minimum absolute atomic E-state index is 0.111. The van der Waals surface area contributed by atoms with Crippen molar-refractivity contribution in [2.24, 2.45) is 0 Å². The molecular formula is C28H27N3O4S. The largest absolute Gasteiger partial charge is 0.496 e. The number of carbonyl (C=O) groups excluding carboxylic acids is 1. The number of fused-ring (bicyclic) bond motifs is 1. The molecule has 1 saturated carbocycles. The second-order valence-corrected chi connectivity index (χ2v) is 11.4. The molecule has 7 nitrogen and oxygen atoms in total. The van der Waals surface area contributed by atoms with Crippen LogP contribution in [-0.2, 0) is 20.0 Å². The third-order valence-corrected chi connectivity index (χ3v) is 8.61. The molecule has 0 amide bonds. The summed E-state index contributed by atoms with van der Waals surface area (Å²) in [6.45, 7) is 5.63. The van der Waals surface area contributed by atoms with Crippen molar-refractivity contribution in [3.05, 3.63) is 89.1 Å². The molecule has 1 fully saturated rings. The normalized spacial score (nSPS) is 19.3. The van der Waals surface area contributed by atoms with Crippen LogP contribution < -0.4 is 4.74 Å². The van der Waals surface area contributed by atoms with E-state index in [4.69, 9.17) is 4.74 Å². The van der Waals surface area contributed by atoms with Crippen LogP contribution in [0.5, 0.6) is 5.75 Å². The molecule has 0 spiro atoms. The zero-order valence-corrected chi connectivity index (χ0v) is 21.5. The van der Waals surface area contributed by atoms with Gasteiger partial charge in [0.2, 0.25) is 0 Å². The lowest BCUT2D eigenvalue weighted by Crippen LogP contribution is -2.30. The Hall–Kier alpha value is -3.65. The number of sulfone groups is 1. The Kier molecular flexibility index (Phi) is 5.87. The lowest BCUT2D eigenvalue weighted by molar-refractivity contribution is -0.119. The molecule has 2 atom stereocenters. The van der Waals surface area contributed by atoms with Gasteiger partial charge in [-0.05, 0) is 57.5 Å². The first-order chi connectivity index (χ1) is 17.2. The highest BCUT2D eigenvalue weighted by Crippen LogP contribution is 2.62. The van der Waals surface area contributed by atoms with Gasteiger partial charge in [-0.2, -0.15) is 0 Å². The fourth-order valence-corrected chi connectivity index (χ4v) is 6.56. The molecule has 0 unspecified atom stereocenters. The van der Waals surface area contributed by atoms with Crippen LogP contribution in [0.2, 0.25) is 0 Å². The molecule has 1 aliphatic rings. The summed E-state index contributed by atoms with van der Waals surface area (Å²) in [4.78, 5) is 27.5. The second-order valence-electron chi connectivity index (χ2n) is 9.47. The molecule has 2 aromatic heterocycles. The molecule has 4 aromatic rings. The lowest BCUT2D eigenvalue weighted by atomic mass is 9.87. The van der Waals surface area contributed by atoms with E-state index >= 15 is 0 Å². The van der Waals surface area contributed by atoms with E-state index in [1.54, 1.807) is 43.8 Å². The summed E-state index contributed by atoms with van der Waals surface area (Å²) >= 11 is 0. The summed E-state index contributed by atoms with van der Waals surface area (Å²) in [7, 11) is -2.41. The van der Waals surface area contributed by atoms with Crippen molar-refractivity contribution in [3.63, 3.8) is 0 Å². The number of hydrogen-bond donors (Lipinski definition) is 0. The van der Waals surface area contributed by atoms with Crippen molar-refractivity contribution in [1.29, 1.82) is 0 Å². The number of Topliss-reactive ketones (excluding diaryl/α,β-unsaturated/α-hetero) is 1. The molecule has 0 N–H and O–H groups in total. The van der Waals surface area contributed by atoms with E-state index in [0.29, 0.717) is 34.3 Å². The van der Waals surface area contributed by atoms with Crippen molar-refractivity contribution in [3.8, 4) is 5.75 Å². The summed E-state index contributed by atoms with van der Waals surface area (Å²) in [5, 5.41) is 0.509. The molecule has 184 valence electrons. The SMILES string of the molecule is COc1ccc(C)cc1[C@@]1(C(=O)CS(=O)(=O)c2cccc3nc(C)ccc23)C[C@H]1c1cnc(C)cn1. The van der Waals surface area contributed by atoms with Crippen molar-refractivity contribution in [1.82, 2.24) is 15.0 Å². The van der Waals surface area contributed by atoms with Gasteiger partial charge in [0.25, 0.3) is 0 Å². The van der Waals surface area contributed by atoms with Crippen molar-refractivity contribution in [2.45, 2.75) is 43.4 Å². The van der Waals surface area contributed by atoms with Crippen LogP contribution in [0.15, 0.2) is 65.8 Å². The molecule has 0 aliphatic heterocycles. The van der Waals surface area contributed by atoms with Crippen LogP contribution >= 0.6 is 0 Å². The van der Waals surface area contributed by atoms with Gasteiger partial charge in [-0.1, -0.05) is 23.8 Å². The number of benzene rings is 2. The molecular weight excluding hydrogens is 474 g/mol. The average Bonchev–Trinajstić information content (AvgIpc) is 3.60. The number of pyridine rings is 1. The third-order valence-electron chi connectivity index (χ3n) is 6.94. The molecule has 1 aliphatic carbocycles. The number of nitrogens with zero attached hydrogens (tertiary/aromatic N) is 3. The van der Waals surface area contributed by atoms with E-state index in [-0.39, 0.29) is 16.6 Å². The maximum Gasteiger partial charge on any atom is 0.186 e. The van der Waals surface area contributed by atoms with E-state index in [1.165, 1.54) is 6.07 Å². The van der Waals surface area contributed by atoms with Crippen molar-refractivity contribution < 1.29 is 17.9 Å². The smallest absolute Gasteiger partial charge is 0.186 e. The fraction of sp³-hybridized carbons (Fsp3) is 0.286. The van der Waals surface area contributed by atoms with Crippen molar-refractivity contribution >= 4 is 26.5 Å². The monoisotopic (exact) mass is 501 g/mol. The first kappa shape index (κ1) is 24.1. The molecule has 0 radical (unpaired) electrons. The Morgan fingerprint density at radius 3 is 2.56 bits per heavy atom. The summed E-state index contributed by atoms with van der Waals surface area (Å²) < 4.78 is 32.9. The Balaban J connectivity index is 1.59. The van der Waals surface area contributed by atoms with E-state index < -0.39 is 21.0 Å². The Morgan fingerprint density at radius 1 is 1.03 bits per heavy atom. The molecule has 36 heavy (non-hydrogen) atoms. The first-order valence-corrected chi connectivity index (χ1v) is 13.4. The number of ether oxygens (including phenoxy) is 1. The zero-order chi connectivity index (χ0) is 25.7. The van der Waals surface area contributed by atoms with E-state index in [1.807, 2.05) is 39.0 Å². The van der Waals surface area contributed by atoms with Gasteiger partial charge in [-0.3, -0.25) is 19.7 Å². The third kappa shape index (κ3) is 4.05. The Labute approximate surface area is 210 Å². The summed E-state index contributed by atoms with van der Waals surface area (Å²) in [5.74, 6) is -0.747. The summed E-state index contributed by atoms with van der Waals surface area (Å²) in [5.41, 5.74) is 3.39. The van der Waals surface area contributed by atoms with Gasteiger partial charge in [0.05, 0.1) is 34.3 Å². The maximum atomic E-state index is 14.0. The van der Waals surface area contributed by atoms with Crippen LogP contribution in [0.3, 0.4) is 0 Å². The number of methoxy groups -OCH3 is 1.